The Morgan fingerprint density at radius 2 is 1.86 bits per heavy atom. The Hall–Kier alpha value is -3.14. The number of thioether (sulfide) groups is 1. The van der Waals surface area contributed by atoms with Crippen LogP contribution < -0.4 is 5.56 Å². The Bertz CT molecular complexity index is 1500. The van der Waals surface area contributed by atoms with E-state index in [2.05, 4.69) is 0 Å². The van der Waals surface area contributed by atoms with E-state index in [4.69, 9.17) is 21.3 Å². The Morgan fingerprint density at radius 3 is 2.57 bits per heavy atom. The van der Waals surface area contributed by atoms with Crippen LogP contribution in [-0.4, -0.2) is 45.7 Å². The smallest absolute Gasteiger partial charge is 0.348 e. The van der Waals surface area contributed by atoms with E-state index in [1.165, 1.54) is 16.3 Å². The number of rotatable bonds is 9. The molecule has 0 saturated heterocycles. The minimum atomic E-state index is -0.476. The fourth-order valence-corrected chi connectivity index (χ4v) is 6.11. The van der Waals surface area contributed by atoms with Gasteiger partial charge in [0.1, 0.15) is 9.71 Å². The molecule has 10 heteroatoms. The van der Waals surface area contributed by atoms with Crippen LogP contribution in [0, 0.1) is 6.92 Å². The summed E-state index contributed by atoms with van der Waals surface area (Å²) in [4.78, 5) is 46.3. The molecule has 0 spiro atoms. The van der Waals surface area contributed by atoms with Crippen molar-refractivity contribution in [2.45, 2.75) is 32.1 Å². The summed E-state index contributed by atoms with van der Waals surface area (Å²) in [5.41, 5.74) is 2.12. The van der Waals surface area contributed by atoms with Crippen LogP contribution in [0.15, 0.2) is 64.5 Å². The van der Waals surface area contributed by atoms with Crippen molar-refractivity contribution in [2.75, 3.05) is 19.4 Å². The van der Waals surface area contributed by atoms with Crippen LogP contribution in [0.2, 0.25) is 5.02 Å². The fourth-order valence-electron chi connectivity index (χ4n) is 3.84. The SMILES string of the molecule is CCOC(=O)c1sc2nc(SCC(=O)N(C)Cc3ccccc3)n(Cc3cccc(Cl)c3)c(=O)c2c1C. The summed E-state index contributed by atoms with van der Waals surface area (Å²) in [6.07, 6.45) is 0. The maximum Gasteiger partial charge on any atom is 0.348 e. The molecule has 2 aromatic carbocycles. The average Bonchev–Trinajstić information content (AvgIpc) is 3.21. The van der Waals surface area contributed by atoms with Crippen LogP contribution in [0.4, 0.5) is 0 Å². The predicted octanol–water partition coefficient (Wildman–Crippen LogP) is 5.40. The second-order valence-electron chi connectivity index (χ2n) is 8.40. The standard InChI is InChI=1S/C27H26ClN3O4S2/c1-4-35-26(34)23-17(2)22-24(37-23)29-27(31(25(22)33)15-19-11-8-12-20(28)13-19)36-16-21(32)30(3)14-18-9-6-5-7-10-18/h5-13H,4,14-16H2,1-3H3. The Balaban J connectivity index is 1.68. The molecule has 192 valence electrons. The van der Waals surface area contributed by atoms with Gasteiger partial charge < -0.3 is 9.64 Å². The van der Waals surface area contributed by atoms with Crippen molar-refractivity contribution < 1.29 is 14.3 Å². The minimum Gasteiger partial charge on any atom is -0.462 e. The molecule has 0 aliphatic heterocycles. The zero-order valence-electron chi connectivity index (χ0n) is 20.7. The quantitative estimate of drug-likeness (QED) is 0.156. The Labute approximate surface area is 228 Å². The van der Waals surface area contributed by atoms with Crippen molar-refractivity contribution in [3.05, 3.63) is 91.5 Å². The third kappa shape index (κ3) is 6.23. The van der Waals surface area contributed by atoms with Crippen LogP contribution in [0.25, 0.3) is 10.2 Å². The first-order chi connectivity index (χ1) is 17.8. The van der Waals surface area contributed by atoms with Gasteiger partial charge in [0.05, 0.1) is 24.3 Å². The second-order valence-corrected chi connectivity index (χ2v) is 10.8. The van der Waals surface area contributed by atoms with Gasteiger partial charge in [-0.15, -0.1) is 11.3 Å². The van der Waals surface area contributed by atoms with Gasteiger partial charge in [0.15, 0.2) is 5.16 Å². The molecular formula is C27H26ClN3O4S2. The van der Waals surface area contributed by atoms with Gasteiger partial charge in [0.2, 0.25) is 5.91 Å². The van der Waals surface area contributed by atoms with E-state index in [0.29, 0.717) is 37.4 Å². The highest BCUT2D eigenvalue weighted by atomic mass is 35.5. The lowest BCUT2D eigenvalue weighted by Crippen LogP contribution is -2.29. The maximum absolute atomic E-state index is 13.7. The Morgan fingerprint density at radius 1 is 1.14 bits per heavy atom. The number of benzene rings is 2. The zero-order valence-corrected chi connectivity index (χ0v) is 23.1. The molecule has 2 heterocycles. The van der Waals surface area contributed by atoms with Gasteiger partial charge in [-0.3, -0.25) is 14.2 Å². The number of hydrogen-bond donors (Lipinski definition) is 0. The molecular weight excluding hydrogens is 530 g/mol. The highest BCUT2D eigenvalue weighted by Gasteiger charge is 2.23. The second kappa shape index (κ2) is 11.9. The largest absolute Gasteiger partial charge is 0.462 e. The molecule has 0 atom stereocenters. The summed E-state index contributed by atoms with van der Waals surface area (Å²) in [6, 6.07) is 17.0. The molecule has 0 unspecified atom stereocenters. The summed E-state index contributed by atoms with van der Waals surface area (Å²) in [5, 5.41) is 1.34. The van der Waals surface area contributed by atoms with Crippen molar-refractivity contribution in [1.82, 2.24) is 14.5 Å². The van der Waals surface area contributed by atoms with Crippen LogP contribution in [0.5, 0.6) is 0 Å². The summed E-state index contributed by atoms with van der Waals surface area (Å²) < 4.78 is 6.71. The van der Waals surface area contributed by atoms with E-state index in [0.717, 1.165) is 22.5 Å². The topological polar surface area (TPSA) is 81.5 Å². The van der Waals surface area contributed by atoms with Crippen LogP contribution in [0.3, 0.4) is 0 Å². The molecule has 0 aliphatic rings. The number of ether oxygens (including phenoxy) is 1. The number of halogens is 1. The first-order valence-electron chi connectivity index (χ1n) is 11.6. The van der Waals surface area contributed by atoms with E-state index in [9.17, 15) is 14.4 Å². The monoisotopic (exact) mass is 555 g/mol. The van der Waals surface area contributed by atoms with Crippen molar-refractivity contribution in [3.8, 4) is 0 Å². The van der Waals surface area contributed by atoms with Gasteiger partial charge in [-0.05, 0) is 42.7 Å². The molecule has 4 aromatic rings. The van der Waals surface area contributed by atoms with Crippen molar-refractivity contribution in [1.29, 1.82) is 0 Å². The number of carbonyl (C=O) groups excluding carboxylic acids is 2. The predicted molar refractivity (Wildman–Crippen MR) is 149 cm³/mol. The van der Waals surface area contributed by atoms with Crippen molar-refractivity contribution >= 4 is 56.8 Å². The summed E-state index contributed by atoms with van der Waals surface area (Å²) >= 11 is 8.50. The van der Waals surface area contributed by atoms with Gasteiger partial charge in [0.25, 0.3) is 5.56 Å². The molecule has 0 fully saturated rings. The number of amides is 1. The van der Waals surface area contributed by atoms with E-state index in [1.54, 1.807) is 37.9 Å². The highest BCUT2D eigenvalue weighted by molar-refractivity contribution is 7.99. The number of nitrogens with zero attached hydrogens (tertiary/aromatic N) is 3. The lowest BCUT2D eigenvalue weighted by Gasteiger charge is -2.18. The van der Waals surface area contributed by atoms with Gasteiger partial charge in [-0.2, -0.15) is 0 Å². The maximum atomic E-state index is 13.7. The molecule has 7 nitrogen and oxygen atoms in total. The zero-order chi connectivity index (χ0) is 26.5. The molecule has 0 N–H and O–H groups in total. The first kappa shape index (κ1) is 26.9. The van der Waals surface area contributed by atoms with E-state index >= 15 is 0 Å². The average molecular weight is 556 g/mol. The summed E-state index contributed by atoms with van der Waals surface area (Å²) in [6.45, 7) is 4.40. The highest BCUT2D eigenvalue weighted by Crippen LogP contribution is 2.30. The molecule has 0 aliphatic carbocycles. The molecule has 2 aromatic heterocycles. The van der Waals surface area contributed by atoms with Gasteiger partial charge >= 0.3 is 5.97 Å². The van der Waals surface area contributed by atoms with Gasteiger partial charge in [-0.1, -0.05) is 65.8 Å². The molecule has 4 rings (SSSR count). The van der Waals surface area contributed by atoms with E-state index < -0.39 is 5.97 Å². The number of aryl methyl sites for hydroxylation is 1. The number of esters is 1. The van der Waals surface area contributed by atoms with Gasteiger partial charge in [0, 0.05) is 18.6 Å². The lowest BCUT2D eigenvalue weighted by molar-refractivity contribution is -0.127. The normalized spacial score (nSPS) is 11.0. The lowest BCUT2D eigenvalue weighted by atomic mass is 10.2. The molecule has 0 radical (unpaired) electrons. The molecule has 0 bridgehead atoms. The van der Waals surface area contributed by atoms with Crippen molar-refractivity contribution in [3.63, 3.8) is 0 Å². The van der Waals surface area contributed by atoms with Crippen LogP contribution in [-0.2, 0) is 22.6 Å². The number of aromatic nitrogens is 2. The van der Waals surface area contributed by atoms with E-state index in [1.807, 2.05) is 42.5 Å². The van der Waals surface area contributed by atoms with E-state index in [-0.39, 0.29) is 30.4 Å². The number of thiophene rings is 1. The molecule has 1 amide bonds. The van der Waals surface area contributed by atoms with Crippen LogP contribution >= 0.6 is 34.7 Å². The third-order valence-corrected chi connectivity index (χ3v) is 8.08. The summed E-state index contributed by atoms with van der Waals surface area (Å²) in [7, 11) is 1.75. The minimum absolute atomic E-state index is 0.0907. The third-order valence-electron chi connectivity index (χ3n) is 5.72. The fraction of sp³-hybridized carbons (Fsp3) is 0.259. The molecule has 0 saturated carbocycles. The van der Waals surface area contributed by atoms with Crippen LogP contribution in [0.1, 0.15) is 33.3 Å². The first-order valence-corrected chi connectivity index (χ1v) is 13.8. The summed E-state index contributed by atoms with van der Waals surface area (Å²) in [5.74, 6) is -0.464. The molecule has 37 heavy (non-hydrogen) atoms. The number of carbonyl (C=O) groups is 2. The van der Waals surface area contributed by atoms with Gasteiger partial charge in [-0.25, -0.2) is 9.78 Å². The Kier molecular flexibility index (Phi) is 8.68. The number of fused-ring (bicyclic) bond motifs is 1. The van der Waals surface area contributed by atoms with Crippen molar-refractivity contribution in [2.24, 2.45) is 0 Å². The number of hydrogen-bond acceptors (Lipinski definition) is 7.